The second-order valence-corrected chi connectivity index (χ2v) is 7.31. The van der Waals surface area contributed by atoms with Crippen molar-refractivity contribution in [2.45, 2.75) is 33.4 Å². The second-order valence-electron chi connectivity index (χ2n) is 6.31. The number of carbonyl (C=O) groups excluding carboxylic acids is 1. The van der Waals surface area contributed by atoms with E-state index in [1.54, 1.807) is 32.9 Å². The van der Waals surface area contributed by atoms with Crippen LogP contribution >= 0.6 is 11.3 Å². The molecule has 0 saturated carbocycles. The maximum absolute atomic E-state index is 13.0. The zero-order chi connectivity index (χ0) is 20.3. The van der Waals surface area contributed by atoms with E-state index in [1.165, 1.54) is 4.57 Å². The molecule has 3 rings (SSSR count). The molecule has 1 aromatic carbocycles. The van der Waals surface area contributed by atoms with E-state index >= 15 is 0 Å². The largest absolute Gasteiger partial charge is 0.491 e. The Morgan fingerprint density at radius 3 is 2.68 bits per heavy atom. The Labute approximate surface area is 166 Å². The van der Waals surface area contributed by atoms with E-state index in [4.69, 9.17) is 9.47 Å². The molecule has 0 aliphatic carbocycles. The van der Waals surface area contributed by atoms with Gasteiger partial charge in [0.1, 0.15) is 34.0 Å². The number of para-hydroxylation sites is 1. The lowest BCUT2D eigenvalue weighted by Crippen LogP contribution is -2.32. The Kier molecular flexibility index (Phi) is 6.11. The van der Waals surface area contributed by atoms with Gasteiger partial charge < -0.3 is 14.6 Å². The van der Waals surface area contributed by atoms with Crippen LogP contribution in [0.4, 0.5) is 0 Å². The summed E-state index contributed by atoms with van der Waals surface area (Å²) in [6.45, 7) is 5.49. The second kappa shape index (κ2) is 8.53. The average molecular weight is 402 g/mol. The van der Waals surface area contributed by atoms with Crippen LogP contribution in [-0.2, 0) is 11.3 Å². The van der Waals surface area contributed by atoms with E-state index in [0.717, 1.165) is 11.3 Å². The Morgan fingerprint density at radius 1 is 1.29 bits per heavy atom. The fourth-order valence-electron chi connectivity index (χ4n) is 2.90. The number of aliphatic hydroxyl groups excluding tert-OH is 1. The van der Waals surface area contributed by atoms with Crippen molar-refractivity contribution < 1.29 is 19.4 Å². The number of hydrogen-bond acceptors (Lipinski definition) is 7. The molecule has 0 spiro atoms. The monoisotopic (exact) mass is 402 g/mol. The quantitative estimate of drug-likeness (QED) is 0.611. The number of thiophene rings is 1. The number of hydrogen-bond donors (Lipinski definition) is 1. The summed E-state index contributed by atoms with van der Waals surface area (Å²) in [5.41, 5.74) is 0.269. The molecule has 2 aromatic heterocycles. The molecule has 1 atom stereocenters. The van der Waals surface area contributed by atoms with Crippen molar-refractivity contribution >= 4 is 27.5 Å². The summed E-state index contributed by atoms with van der Waals surface area (Å²) in [4.78, 5) is 30.4. The molecule has 7 nitrogen and oxygen atoms in total. The molecule has 0 bridgehead atoms. The van der Waals surface area contributed by atoms with E-state index in [-0.39, 0.29) is 25.3 Å². The minimum absolute atomic E-state index is 0.0461. The van der Waals surface area contributed by atoms with Crippen LogP contribution < -0.4 is 10.3 Å². The van der Waals surface area contributed by atoms with Crippen LogP contribution in [0.1, 0.15) is 28.0 Å². The van der Waals surface area contributed by atoms with Crippen molar-refractivity contribution in [3.05, 3.63) is 57.0 Å². The lowest BCUT2D eigenvalue weighted by atomic mass is 10.2. The molecule has 1 N–H and O–H groups in total. The van der Waals surface area contributed by atoms with Crippen LogP contribution in [0, 0.1) is 13.8 Å². The molecule has 0 saturated heterocycles. The first-order valence-corrected chi connectivity index (χ1v) is 9.77. The first-order chi connectivity index (χ1) is 13.4. The Hall–Kier alpha value is -2.71. The van der Waals surface area contributed by atoms with Gasteiger partial charge in [0.25, 0.3) is 5.56 Å². The zero-order valence-corrected chi connectivity index (χ0v) is 16.8. The molecule has 0 amide bonds. The lowest BCUT2D eigenvalue weighted by molar-refractivity contribution is 0.0531. The molecular formula is C20H22N2O5S. The predicted molar refractivity (Wildman–Crippen MR) is 107 cm³/mol. The molecule has 0 radical (unpaired) electrons. The molecule has 0 aliphatic rings. The van der Waals surface area contributed by atoms with Crippen LogP contribution in [0.15, 0.2) is 35.1 Å². The number of fused-ring (bicyclic) bond motifs is 1. The smallest absolute Gasteiger partial charge is 0.348 e. The number of aromatic nitrogens is 2. The molecular weight excluding hydrogens is 380 g/mol. The van der Waals surface area contributed by atoms with Crippen LogP contribution in [-0.4, -0.2) is 39.9 Å². The maximum atomic E-state index is 13.0. The van der Waals surface area contributed by atoms with Gasteiger partial charge in [0.2, 0.25) is 0 Å². The van der Waals surface area contributed by atoms with Crippen molar-refractivity contribution in [1.82, 2.24) is 9.55 Å². The number of nitrogens with zero attached hydrogens (tertiary/aromatic N) is 2. The van der Waals surface area contributed by atoms with Crippen LogP contribution in [0.25, 0.3) is 10.2 Å². The number of rotatable bonds is 7. The lowest BCUT2D eigenvalue weighted by Gasteiger charge is -2.15. The topological polar surface area (TPSA) is 90.7 Å². The molecule has 148 valence electrons. The maximum Gasteiger partial charge on any atom is 0.348 e. The van der Waals surface area contributed by atoms with Gasteiger partial charge in [0.15, 0.2) is 0 Å². The first kappa shape index (κ1) is 20.0. The van der Waals surface area contributed by atoms with Gasteiger partial charge in [-0.05, 0) is 38.5 Å². The third kappa shape index (κ3) is 4.07. The van der Waals surface area contributed by atoms with Crippen molar-refractivity contribution in [2.24, 2.45) is 0 Å². The normalized spacial score (nSPS) is 12.1. The van der Waals surface area contributed by atoms with Gasteiger partial charge >= 0.3 is 5.97 Å². The summed E-state index contributed by atoms with van der Waals surface area (Å²) in [6.07, 6.45) is -0.890. The minimum atomic E-state index is -0.890. The third-order valence-corrected chi connectivity index (χ3v) is 5.45. The number of benzene rings is 1. The summed E-state index contributed by atoms with van der Waals surface area (Å²) in [5, 5.41) is 10.7. The fraction of sp³-hybridized carbons (Fsp3) is 0.350. The number of aryl methyl sites for hydroxylation is 2. The van der Waals surface area contributed by atoms with E-state index < -0.39 is 12.1 Å². The number of carbonyl (C=O) groups is 1. The van der Waals surface area contributed by atoms with Crippen LogP contribution in [0.2, 0.25) is 0 Å². The van der Waals surface area contributed by atoms with Gasteiger partial charge in [-0.25, -0.2) is 9.78 Å². The van der Waals surface area contributed by atoms with Gasteiger partial charge in [-0.2, -0.15) is 0 Å². The van der Waals surface area contributed by atoms with Gasteiger partial charge in [-0.3, -0.25) is 9.36 Å². The highest BCUT2D eigenvalue weighted by Gasteiger charge is 2.22. The average Bonchev–Trinajstić information content (AvgIpc) is 3.01. The number of aliphatic hydroxyl groups is 1. The molecule has 8 heteroatoms. The summed E-state index contributed by atoms with van der Waals surface area (Å²) < 4.78 is 12.0. The summed E-state index contributed by atoms with van der Waals surface area (Å²) in [7, 11) is 0. The van der Waals surface area contributed by atoms with Crippen molar-refractivity contribution in [1.29, 1.82) is 0 Å². The molecule has 3 aromatic rings. The predicted octanol–water partition coefficient (Wildman–Crippen LogP) is 2.69. The highest BCUT2D eigenvalue weighted by Crippen LogP contribution is 2.28. The summed E-state index contributed by atoms with van der Waals surface area (Å²) in [5.74, 6) is 0.655. The summed E-state index contributed by atoms with van der Waals surface area (Å²) >= 11 is 1.15. The van der Waals surface area contributed by atoms with Crippen LogP contribution in [0.5, 0.6) is 5.75 Å². The SMILES string of the molecule is CCOC(=O)c1sc2nc(C)n(CC(O)COc3ccccc3)c(=O)c2c1C. The van der Waals surface area contributed by atoms with Gasteiger partial charge in [0, 0.05) is 0 Å². The molecule has 0 fully saturated rings. The van der Waals surface area contributed by atoms with Gasteiger partial charge in [0.05, 0.1) is 18.5 Å². The Balaban J connectivity index is 1.86. The standard InChI is InChI=1S/C20H22N2O5S/c1-4-26-20(25)17-12(2)16-18(28-17)21-13(3)22(19(16)24)10-14(23)11-27-15-8-6-5-7-9-15/h5-9,14,23H,4,10-11H2,1-3H3. The fourth-order valence-corrected chi connectivity index (χ4v) is 4.01. The van der Waals surface area contributed by atoms with E-state index in [2.05, 4.69) is 4.98 Å². The zero-order valence-electron chi connectivity index (χ0n) is 16.0. The van der Waals surface area contributed by atoms with Crippen molar-refractivity contribution in [3.8, 4) is 5.75 Å². The van der Waals surface area contributed by atoms with Crippen LogP contribution in [0.3, 0.4) is 0 Å². The van der Waals surface area contributed by atoms with E-state index in [9.17, 15) is 14.7 Å². The van der Waals surface area contributed by atoms with E-state index in [1.807, 2.05) is 18.2 Å². The molecule has 0 aliphatic heterocycles. The minimum Gasteiger partial charge on any atom is -0.491 e. The molecule has 28 heavy (non-hydrogen) atoms. The summed E-state index contributed by atoms with van der Waals surface area (Å²) in [6, 6.07) is 9.15. The van der Waals surface area contributed by atoms with E-state index in [0.29, 0.717) is 32.2 Å². The van der Waals surface area contributed by atoms with Gasteiger partial charge in [-0.15, -0.1) is 11.3 Å². The Morgan fingerprint density at radius 2 is 2.00 bits per heavy atom. The molecule has 2 heterocycles. The van der Waals surface area contributed by atoms with Crippen molar-refractivity contribution in [3.63, 3.8) is 0 Å². The highest BCUT2D eigenvalue weighted by atomic mass is 32.1. The molecule has 1 unspecified atom stereocenters. The Bertz CT molecular complexity index is 1040. The first-order valence-electron chi connectivity index (χ1n) is 8.96. The van der Waals surface area contributed by atoms with Gasteiger partial charge in [-0.1, -0.05) is 18.2 Å². The third-order valence-electron chi connectivity index (χ3n) is 4.28. The number of esters is 1. The number of ether oxygens (including phenoxy) is 2. The van der Waals surface area contributed by atoms with Crippen molar-refractivity contribution in [2.75, 3.05) is 13.2 Å². The highest BCUT2D eigenvalue weighted by molar-refractivity contribution is 7.20.